The number of nitrogens with zero attached hydrogens (tertiary/aromatic N) is 1. The SMILES string of the molecule is CN(Cc1ccco1)C(=O)CNC(=O)CN.Cl. The summed E-state index contributed by atoms with van der Waals surface area (Å²) in [5.74, 6) is 0.152. The van der Waals surface area contributed by atoms with Crippen LogP contribution >= 0.6 is 12.4 Å². The number of hydrogen-bond donors (Lipinski definition) is 2. The molecule has 1 aromatic heterocycles. The minimum atomic E-state index is -0.347. The first-order valence-corrected chi connectivity index (χ1v) is 4.86. The number of carbonyl (C=O) groups is 2. The van der Waals surface area contributed by atoms with Crippen LogP contribution in [0.5, 0.6) is 0 Å². The summed E-state index contributed by atoms with van der Waals surface area (Å²) in [7, 11) is 1.64. The van der Waals surface area contributed by atoms with E-state index < -0.39 is 0 Å². The van der Waals surface area contributed by atoms with Crippen molar-refractivity contribution < 1.29 is 14.0 Å². The highest BCUT2D eigenvalue weighted by Crippen LogP contribution is 2.03. The van der Waals surface area contributed by atoms with Gasteiger partial charge < -0.3 is 20.4 Å². The molecular weight excluding hydrogens is 246 g/mol. The molecule has 0 spiro atoms. The third kappa shape index (κ3) is 5.37. The number of halogens is 1. The van der Waals surface area contributed by atoms with Gasteiger partial charge in [-0.3, -0.25) is 9.59 Å². The largest absolute Gasteiger partial charge is 0.467 e. The van der Waals surface area contributed by atoms with Crippen LogP contribution in [-0.4, -0.2) is 36.9 Å². The number of hydrogen-bond acceptors (Lipinski definition) is 4. The molecule has 0 bridgehead atoms. The van der Waals surface area contributed by atoms with Crippen molar-refractivity contribution in [2.75, 3.05) is 20.1 Å². The molecular formula is C10H16ClN3O3. The molecule has 7 heteroatoms. The molecule has 0 atom stereocenters. The van der Waals surface area contributed by atoms with E-state index in [0.29, 0.717) is 12.3 Å². The number of carbonyl (C=O) groups excluding carboxylic acids is 2. The van der Waals surface area contributed by atoms with Crippen LogP contribution in [0.4, 0.5) is 0 Å². The van der Waals surface area contributed by atoms with E-state index in [-0.39, 0.29) is 37.3 Å². The lowest BCUT2D eigenvalue weighted by molar-refractivity contribution is -0.132. The van der Waals surface area contributed by atoms with Crippen LogP contribution in [0.2, 0.25) is 0 Å². The van der Waals surface area contributed by atoms with Crippen molar-refractivity contribution in [2.45, 2.75) is 6.54 Å². The lowest BCUT2D eigenvalue weighted by Gasteiger charge is -2.15. The fraction of sp³-hybridized carbons (Fsp3) is 0.400. The van der Waals surface area contributed by atoms with Crippen molar-refractivity contribution in [2.24, 2.45) is 5.73 Å². The molecule has 17 heavy (non-hydrogen) atoms. The Balaban J connectivity index is 0.00000256. The summed E-state index contributed by atoms with van der Waals surface area (Å²) in [5, 5.41) is 2.41. The lowest BCUT2D eigenvalue weighted by atomic mass is 10.4. The van der Waals surface area contributed by atoms with E-state index in [1.807, 2.05) is 0 Å². The van der Waals surface area contributed by atoms with Gasteiger partial charge in [0.1, 0.15) is 5.76 Å². The standard InChI is InChI=1S/C10H15N3O3.ClH/c1-13(7-8-3-2-4-16-8)10(15)6-12-9(14)5-11;/h2-4H,5-7,11H2,1H3,(H,12,14);1H. The Kier molecular flexibility index (Phi) is 7.00. The molecule has 2 amide bonds. The molecule has 0 unspecified atom stereocenters. The number of amides is 2. The van der Waals surface area contributed by atoms with Gasteiger partial charge in [-0.25, -0.2) is 0 Å². The Morgan fingerprint density at radius 2 is 2.24 bits per heavy atom. The zero-order chi connectivity index (χ0) is 12.0. The first-order valence-electron chi connectivity index (χ1n) is 4.86. The van der Waals surface area contributed by atoms with Crippen molar-refractivity contribution >= 4 is 24.2 Å². The Labute approximate surface area is 106 Å². The van der Waals surface area contributed by atoms with Crippen LogP contribution < -0.4 is 11.1 Å². The van der Waals surface area contributed by atoms with E-state index in [0.717, 1.165) is 0 Å². The third-order valence-electron chi connectivity index (χ3n) is 2.02. The van der Waals surface area contributed by atoms with E-state index in [2.05, 4.69) is 5.32 Å². The molecule has 0 aliphatic heterocycles. The summed E-state index contributed by atoms with van der Waals surface area (Å²) in [6.07, 6.45) is 1.55. The quantitative estimate of drug-likeness (QED) is 0.764. The molecule has 0 saturated carbocycles. The summed E-state index contributed by atoms with van der Waals surface area (Å²) in [6.45, 7) is 0.215. The summed E-state index contributed by atoms with van der Waals surface area (Å²) in [4.78, 5) is 23.8. The van der Waals surface area contributed by atoms with Gasteiger partial charge in [0.15, 0.2) is 0 Å². The smallest absolute Gasteiger partial charge is 0.242 e. The predicted octanol–water partition coefficient (Wildman–Crippen LogP) is -0.265. The van der Waals surface area contributed by atoms with Crippen molar-refractivity contribution in [3.63, 3.8) is 0 Å². The predicted molar refractivity (Wildman–Crippen MR) is 64.5 cm³/mol. The molecule has 0 fully saturated rings. The zero-order valence-electron chi connectivity index (χ0n) is 9.51. The first-order chi connectivity index (χ1) is 7.63. The number of rotatable bonds is 5. The van der Waals surface area contributed by atoms with Crippen LogP contribution in [0.1, 0.15) is 5.76 Å². The number of furan rings is 1. The van der Waals surface area contributed by atoms with Crippen molar-refractivity contribution in [3.05, 3.63) is 24.2 Å². The van der Waals surface area contributed by atoms with E-state index >= 15 is 0 Å². The van der Waals surface area contributed by atoms with Gasteiger partial charge in [-0.05, 0) is 12.1 Å². The topological polar surface area (TPSA) is 88.6 Å². The van der Waals surface area contributed by atoms with E-state index in [4.69, 9.17) is 10.2 Å². The van der Waals surface area contributed by atoms with Gasteiger partial charge in [0, 0.05) is 7.05 Å². The van der Waals surface area contributed by atoms with Crippen LogP contribution in [-0.2, 0) is 16.1 Å². The van der Waals surface area contributed by atoms with Crippen LogP contribution in [0.15, 0.2) is 22.8 Å². The monoisotopic (exact) mass is 261 g/mol. The number of nitrogens with one attached hydrogen (secondary N) is 1. The minimum Gasteiger partial charge on any atom is -0.467 e. The maximum Gasteiger partial charge on any atom is 0.242 e. The van der Waals surface area contributed by atoms with Gasteiger partial charge >= 0.3 is 0 Å². The van der Waals surface area contributed by atoms with Gasteiger partial charge in [-0.2, -0.15) is 0 Å². The van der Waals surface area contributed by atoms with Gasteiger partial charge in [0.25, 0.3) is 0 Å². The summed E-state index contributed by atoms with van der Waals surface area (Å²) in [5.41, 5.74) is 5.09. The second-order valence-corrected chi connectivity index (χ2v) is 3.31. The highest BCUT2D eigenvalue weighted by molar-refractivity contribution is 5.85. The third-order valence-corrected chi connectivity index (χ3v) is 2.02. The number of likely N-dealkylation sites (N-methyl/N-ethyl adjacent to an activating group) is 1. The minimum absolute atomic E-state index is 0. The van der Waals surface area contributed by atoms with Gasteiger partial charge in [0.2, 0.25) is 11.8 Å². The first kappa shape index (κ1) is 15.5. The number of nitrogens with two attached hydrogens (primary N) is 1. The van der Waals surface area contributed by atoms with Gasteiger partial charge in [0.05, 0.1) is 25.9 Å². The second-order valence-electron chi connectivity index (χ2n) is 3.31. The van der Waals surface area contributed by atoms with Crippen LogP contribution in [0.25, 0.3) is 0 Å². The molecule has 1 rings (SSSR count). The zero-order valence-corrected chi connectivity index (χ0v) is 10.3. The fourth-order valence-electron chi connectivity index (χ4n) is 1.11. The van der Waals surface area contributed by atoms with Crippen LogP contribution in [0.3, 0.4) is 0 Å². The Morgan fingerprint density at radius 3 is 2.76 bits per heavy atom. The Morgan fingerprint density at radius 1 is 1.53 bits per heavy atom. The highest BCUT2D eigenvalue weighted by Gasteiger charge is 2.11. The molecule has 0 aliphatic rings. The molecule has 1 heterocycles. The highest BCUT2D eigenvalue weighted by atomic mass is 35.5. The average molecular weight is 262 g/mol. The molecule has 3 N–H and O–H groups in total. The average Bonchev–Trinajstić information content (AvgIpc) is 2.77. The maximum absolute atomic E-state index is 11.5. The van der Waals surface area contributed by atoms with Crippen LogP contribution in [0, 0.1) is 0 Å². The molecule has 0 radical (unpaired) electrons. The summed E-state index contributed by atoms with van der Waals surface area (Å²) < 4.78 is 5.10. The molecule has 0 aromatic carbocycles. The van der Waals surface area contributed by atoms with Gasteiger partial charge in [-0.15, -0.1) is 12.4 Å². The van der Waals surface area contributed by atoms with E-state index in [1.54, 1.807) is 25.4 Å². The normalized spacial score (nSPS) is 9.29. The molecule has 0 aliphatic carbocycles. The molecule has 1 aromatic rings. The van der Waals surface area contributed by atoms with Crippen molar-refractivity contribution in [3.8, 4) is 0 Å². The Bertz CT molecular complexity index is 354. The summed E-state index contributed by atoms with van der Waals surface area (Å²) >= 11 is 0. The Hall–Kier alpha value is -1.53. The van der Waals surface area contributed by atoms with Crippen molar-refractivity contribution in [1.82, 2.24) is 10.2 Å². The van der Waals surface area contributed by atoms with Crippen molar-refractivity contribution in [1.29, 1.82) is 0 Å². The lowest BCUT2D eigenvalue weighted by Crippen LogP contribution is -2.40. The second kappa shape index (κ2) is 7.70. The molecule has 6 nitrogen and oxygen atoms in total. The molecule has 0 saturated heterocycles. The van der Waals surface area contributed by atoms with Gasteiger partial charge in [-0.1, -0.05) is 0 Å². The maximum atomic E-state index is 11.5. The fourth-order valence-corrected chi connectivity index (χ4v) is 1.11. The molecule has 96 valence electrons. The summed E-state index contributed by atoms with van der Waals surface area (Å²) in [6, 6.07) is 3.53. The van der Waals surface area contributed by atoms with E-state index in [9.17, 15) is 9.59 Å². The van der Waals surface area contributed by atoms with E-state index in [1.165, 1.54) is 4.90 Å².